The lowest BCUT2D eigenvalue weighted by Crippen LogP contribution is -2.04. The van der Waals surface area contributed by atoms with Crippen LogP contribution in [-0.4, -0.2) is 9.55 Å². The van der Waals surface area contributed by atoms with E-state index in [9.17, 15) is 8.78 Å². The molecule has 0 radical (unpaired) electrons. The third-order valence-corrected chi connectivity index (χ3v) is 3.53. The van der Waals surface area contributed by atoms with E-state index in [1.165, 1.54) is 22.8 Å². The molecule has 3 aromatic rings. The molecule has 1 heterocycles. The second kappa shape index (κ2) is 5.04. The fourth-order valence-electron chi connectivity index (χ4n) is 2.15. The number of imidazole rings is 1. The van der Waals surface area contributed by atoms with Crippen molar-refractivity contribution in [1.82, 2.24) is 9.55 Å². The molecule has 0 N–H and O–H groups in total. The molecule has 0 amide bonds. The van der Waals surface area contributed by atoms with Crippen LogP contribution in [0.4, 0.5) is 8.78 Å². The number of hydrogen-bond acceptors (Lipinski definition) is 1. The van der Waals surface area contributed by atoms with Gasteiger partial charge in [-0.1, -0.05) is 23.7 Å². The van der Waals surface area contributed by atoms with Gasteiger partial charge in [-0.25, -0.2) is 13.8 Å². The fourth-order valence-corrected chi connectivity index (χ4v) is 2.55. The number of alkyl halides is 1. The highest BCUT2D eigenvalue weighted by Gasteiger charge is 2.19. The zero-order valence-corrected chi connectivity index (χ0v) is 11.6. The lowest BCUT2D eigenvalue weighted by Gasteiger charge is -2.10. The molecule has 0 saturated carbocycles. The monoisotopic (exact) mass is 312 g/mol. The maximum atomic E-state index is 14.0. The molecule has 0 aliphatic rings. The summed E-state index contributed by atoms with van der Waals surface area (Å²) in [6, 6.07) is 8.73. The van der Waals surface area contributed by atoms with Gasteiger partial charge in [0, 0.05) is 0 Å². The summed E-state index contributed by atoms with van der Waals surface area (Å²) in [5, 5.41) is 0.407. The Morgan fingerprint density at radius 2 is 1.70 bits per heavy atom. The summed E-state index contributed by atoms with van der Waals surface area (Å²) in [6.45, 7) is 0. The van der Waals surface area contributed by atoms with Crippen LogP contribution in [0.5, 0.6) is 0 Å². The Labute approximate surface area is 123 Å². The van der Waals surface area contributed by atoms with Gasteiger partial charge in [0.15, 0.2) is 0 Å². The molecule has 2 nitrogen and oxygen atoms in total. The first-order valence-corrected chi connectivity index (χ1v) is 6.71. The van der Waals surface area contributed by atoms with E-state index >= 15 is 0 Å². The van der Waals surface area contributed by atoms with Crippen LogP contribution in [0.15, 0.2) is 36.4 Å². The van der Waals surface area contributed by atoms with E-state index in [0.29, 0.717) is 21.9 Å². The smallest absolute Gasteiger partial charge is 0.150 e. The average molecular weight is 313 g/mol. The molecular formula is C14H8Cl2F2N2. The summed E-state index contributed by atoms with van der Waals surface area (Å²) in [5.74, 6) is -1.02. The predicted molar refractivity (Wildman–Crippen MR) is 75.6 cm³/mol. The first kappa shape index (κ1) is 13.3. The number of halogens is 4. The van der Waals surface area contributed by atoms with Crippen molar-refractivity contribution in [3.8, 4) is 5.69 Å². The summed E-state index contributed by atoms with van der Waals surface area (Å²) >= 11 is 11.9. The Morgan fingerprint density at radius 3 is 2.35 bits per heavy atom. The van der Waals surface area contributed by atoms with Gasteiger partial charge in [-0.3, -0.25) is 4.57 Å². The second-order valence-electron chi connectivity index (χ2n) is 4.17. The van der Waals surface area contributed by atoms with Crippen molar-refractivity contribution in [3.63, 3.8) is 0 Å². The second-order valence-corrected chi connectivity index (χ2v) is 4.85. The molecule has 0 saturated heterocycles. The third-order valence-electron chi connectivity index (χ3n) is 2.99. The van der Waals surface area contributed by atoms with E-state index < -0.39 is 11.6 Å². The van der Waals surface area contributed by atoms with Gasteiger partial charge in [-0.15, -0.1) is 11.6 Å². The van der Waals surface area contributed by atoms with E-state index in [0.717, 1.165) is 0 Å². The maximum absolute atomic E-state index is 14.0. The van der Waals surface area contributed by atoms with Crippen LogP contribution < -0.4 is 0 Å². The van der Waals surface area contributed by atoms with Gasteiger partial charge >= 0.3 is 0 Å². The molecule has 0 aliphatic heterocycles. The molecule has 2 aromatic carbocycles. The van der Waals surface area contributed by atoms with Gasteiger partial charge < -0.3 is 0 Å². The van der Waals surface area contributed by atoms with Crippen molar-refractivity contribution >= 4 is 34.2 Å². The molecule has 0 unspecified atom stereocenters. The molecule has 3 rings (SSSR count). The predicted octanol–water partition coefficient (Wildman–Crippen LogP) is 4.70. The number of fused-ring (bicyclic) bond motifs is 1. The Bertz CT molecular complexity index is 779. The number of aromatic nitrogens is 2. The van der Waals surface area contributed by atoms with Crippen LogP contribution >= 0.6 is 23.2 Å². The Morgan fingerprint density at radius 1 is 1.05 bits per heavy atom. The summed E-state index contributed by atoms with van der Waals surface area (Å²) in [4.78, 5) is 4.26. The van der Waals surface area contributed by atoms with Crippen molar-refractivity contribution in [1.29, 1.82) is 0 Å². The number of nitrogens with zero attached hydrogens (tertiary/aromatic N) is 2. The zero-order valence-electron chi connectivity index (χ0n) is 10.1. The van der Waals surface area contributed by atoms with Crippen LogP contribution in [0.1, 0.15) is 5.82 Å². The molecule has 0 aliphatic carbocycles. The van der Waals surface area contributed by atoms with Gasteiger partial charge in [0.1, 0.15) is 28.7 Å². The zero-order chi connectivity index (χ0) is 14.3. The van der Waals surface area contributed by atoms with Crippen LogP contribution in [0.3, 0.4) is 0 Å². The van der Waals surface area contributed by atoms with Crippen LogP contribution in [0.2, 0.25) is 5.02 Å². The van der Waals surface area contributed by atoms with E-state index in [2.05, 4.69) is 4.98 Å². The average Bonchev–Trinajstić information content (AvgIpc) is 2.79. The SMILES string of the molecule is Fc1cccc(F)c1-n1c(CCl)nc2c(Cl)cccc21. The molecule has 0 spiro atoms. The third kappa shape index (κ3) is 1.96. The van der Waals surface area contributed by atoms with Crippen molar-refractivity contribution in [2.45, 2.75) is 5.88 Å². The van der Waals surface area contributed by atoms with Crippen molar-refractivity contribution in [2.24, 2.45) is 0 Å². The first-order valence-electron chi connectivity index (χ1n) is 5.79. The van der Waals surface area contributed by atoms with E-state index in [1.54, 1.807) is 18.2 Å². The van der Waals surface area contributed by atoms with Crippen molar-refractivity contribution in [2.75, 3.05) is 0 Å². The van der Waals surface area contributed by atoms with Gasteiger partial charge in [0.25, 0.3) is 0 Å². The summed E-state index contributed by atoms with van der Waals surface area (Å²) in [5.41, 5.74) is 0.775. The van der Waals surface area contributed by atoms with E-state index in [4.69, 9.17) is 23.2 Å². The van der Waals surface area contributed by atoms with Gasteiger partial charge in [0.2, 0.25) is 0 Å². The normalized spacial score (nSPS) is 11.2. The minimum Gasteiger partial charge on any atom is -0.290 e. The molecule has 102 valence electrons. The summed E-state index contributed by atoms with van der Waals surface area (Å²) in [6.07, 6.45) is 0. The van der Waals surface area contributed by atoms with Gasteiger partial charge in [-0.2, -0.15) is 0 Å². The number of benzene rings is 2. The molecule has 0 fully saturated rings. The maximum Gasteiger partial charge on any atom is 0.150 e. The van der Waals surface area contributed by atoms with Crippen molar-refractivity contribution < 1.29 is 8.78 Å². The molecule has 20 heavy (non-hydrogen) atoms. The molecule has 0 bridgehead atoms. The summed E-state index contributed by atoms with van der Waals surface area (Å²) < 4.78 is 29.3. The van der Waals surface area contributed by atoms with Crippen molar-refractivity contribution in [3.05, 3.63) is 58.9 Å². The van der Waals surface area contributed by atoms with E-state index in [-0.39, 0.29) is 11.6 Å². The molecular weight excluding hydrogens is 305 g/mol. The lowest BCUT2D eigenvalue weighted by atomic mass is 10.2. The molecule has 0 atom stereocenters. The van der Waals surface area contributed by atoms with E-state index in [1.807, 2.05) is 0 Å². The Balaban J connectivity index is 2.44. The topological polar surface area (TPSA) is 17.8 Å². The first-order chi connectivity index (χ1) is 9.63. The quantitative estimate of drug-likeness (QED) is 0.627. The van der Waals surface area contributed by atoms with Crippen LogP contribution in [0, 0.1) is 11.6 Å². The lowest BCUT2D eigenvalue weighted by molar-refractivity contribution is 0.569. The Kier molecular flexibility index (Phi) is 3.36. The standard InChI is InChI=1S/C14H8Cl2F2N2/c15-7-12-19-13-8(16)3-1-6-11(13)20(12)14-9(17)4-2-5-10(14)18/h1-6H,7H2. The van der Waals surface area contributed by atoms with Gasteiger partial charge in [-0.05, 0) is 24.3 Å². The fraction of sp³-hybridized carbons (Fsp3) is 0.0714. The molecule has 6 heteroatoms. The largest absolute Gasteiger partial charge is 0.290 e. The minimum absolute atomic E-state index is 0.0127. The van der Waals surface area contributed by atoms with Crippen LogP contribution in [-0.2, 0) is 5.88 Å². The number of rotatable bonds is 2. The van der Waals surface area contributed by atoms with Gasteiger partial charge in [0.05, 0.1) is 16.4 Å². The molecule has 1 aromatic heterocycles. The Hall–Kier alpha value is -1.65. The highest BCUT2D eigenvalue weighted by molar-refractivity contribution is 6.35. The number of hydrogen-bond donors (Lipinski definition) is 0. The minimum atomic E-state index is -0.685. The number of para-hydroxylation sites is 2. The highest BCUT2D eigenvalue weighted by Crippen LogP contribution is 2.29. The summed E-state index contributed by atoms with van der Waals surface area (Å²) in [7, 11) is 0. The highest BCUT2D eigenvalue weighted by atomic mass is 35.5. The van der Waals surface area contributed by atoms with Crippen LogP contribution in [0.25, 0.3) is 16.7 Å².